The molecule has 0 aliphatic carbocycles. The maximum absolute atomic E-state index is 13.3. The van der Waals surface area contributed by atoms with Gasteiger partial charge in [0.1, 0.15) is 11.8 Å². The Balaban J connectivity index is 1.59. The van der Waals surface area contributed by atoms with Crippen molar-refractivity contribution in [2.24, 2.45) is 0 Å². The fourth-order valence-electron chi connectivity index (χ4n) is 3.73. The lowest BCUT2D eigenvalue weighted by atomic mass is 10.1. The van der Waals surface area contributed by atoms with Crippen molar-refractivity contribution in [2.45, 2.75) is 43.7 Å². The molecule has 0 radical (unpaired) electrons. The van der Waals surface area contributed by atoms with Gasteiger partial charge in [-0.2, -0.15) is 4.31 Å². The molecule has 0 spiro atoms. The number of carbonyl (C=O) groups is 2. The molecule has 0 aromatic heterocycles. The van der Waals surface area contributed by atoms with E-state index in [1.165, 1.54) is 22.5 Å². The molecule has 0 unspecified atom stereocenters. The number of halogens is 1. The van der Waals surface area contributed by atoms with Crippen molar-refractivity contribution in [3.8, 4) is 5.75 Å². The summed E-state index contributed by atoms with van der Waals surface area (Å²) >= 11 is 6.12. The van der Waals surface area contributed by atoms with Crippen LogP contribution in [0.4, 0.5) is 11.4 Å². The van der Waals surface area contributed by atoms with Crippen LogP contribution < -0.4 is 15.4 Å². The summed E-state index contributed by atoms with van der Waals surface area (Å²) in [5.74, 6) is -0.356. The van der Waals surface area contributed by atoms with Gasteiger partial charge >= 0.3 is 0 Å². The van der Waals surface area contributed by atoms with E-state index < -0.39 is 28.1 Å². The Morgan fingerprint density at radius 3 is 2.84 bits per heavy atom. The lowest BCUT2D eigenvalue weighted by molar-refractivity contribution is -0.122. The number of ether oxygens (including phenoxy) is 1. The minimum Gasteiger partial charge on any atom is -0.479 e. The fraction of sp³-hybridized carbons (Fsp3) is 0.333. The van der Waals surface area contributed by atoms with Crippen molar-refractivity contribution in [1.82, 2.24) is 4.31 Å². The maximum Gasteiger partial charge on any atom is 0.265 e. The monoisotopic (exact) mass is 463 g/mol. The number of carbonyl (C=O) groups excluding carboxylic acids is 2. The van der Waals surface area contributed by atoms with Crippen LogP contribution in [0.5, 0.6) is 5.75 Å². The molecule has 2 atom stereocenters. The van der Waals surface area contributed by atoms with E-state index in [1.807, 2.05) is 0 Å². The van der Waals surface area contributed by atoms with Crippen molar-refractivity contribution in [3.05, 3.63) is 47.0 Å². The number of anilines is 2. The number of nitrogens with one attached hydrogen (secondary N) is 2. The Hall–Kier alpha value is -2.62. The zero-order valence-corrected chi connectivity index (χ0v) is 18.6. The lowest BCUT2D eigenvalue weighted by Crippen LogP contribution is -2.43. The van der Waals surface area contributed by atoms with E-state index in [9.17, 15) is 18.0 Å². The first-order chi connectivity index (χ1) is 14.7. The number of hydrogen-bond donors (Lipinski definition) is 2. The zero-order chi connectivity index (χ0) is 22.3. The highest BCUT2D eigenvalue weighted by atomic mass is 35.5. The van der Waals surface area contributed by atoms with E-state index >= 15 is 0 Å². The zero-order valence-electron chi connectivity index (χ0n) is 17.0. The Labute approximate surface area is 185 Å². The van der Waals surface area contributed by atoms with E-state index in [4.69, 9.17) is 16.3 Å². The number of sulfonamides is 1. The second-order valence-electron chi connectivity index (χ2n) is 7.58. The average Bonchev–Trinajstić information content (AvgIpc) is 3.23. The predicted molar refractivity (Wildman–Crippen MR) is 117 cm³/mol. The first kappa shape index (κ1) is 21.6. The topological polar surface area (TPSA) is 105 Å². The molecule has 164 valence electrons. The van der Waals surface area contributed by atoms with Crippen molar-refractivity contribution in [1.29, 1.82) is 0 Å². The summed E-state index contributed by atoms with van der Waals surface area (Å²) < 4.78 is 33.3. The quantitative estimate of drug-likeness (QED) is 0.724. The number of rotatable bonds is 4. The van der Waals surface area contributed by atoms with Gasteiger partial charge in [0.15, 0.2) is 6.10 Å². The molecule has 2 heterocycles. The fourth-order valence-corrected chi connectivity index (χ4v) is 5.59. The first-order valence-corrected chi connectivity index (χ1v) is 11.7. The van der Waals surface area contributed by atoms with Gasteiger partial charge in [0.25, 0.3) is 5.91 Å². The second-order valence-corrected chi connectivity index (χ2v) is 9.88. The predicted octanol–water partition coefficient (Wildman–Crippen LogP) is 3.16. The largest absolute Gasteiger partial charge is 0.479 e. The summed E-state index contributed by atoms with van der Waals surface area (Å²) in [6, 6.07) is 8.62. The van der Waals surface area contributed by atoms with Gasteiger partial charge in [-0.1, -0.05) is 17.7 Å². The molecule has 2 amide bonds. The van der Waals surface area contributed by atoms with Crippen LogP contribution in [0.2, 0.25) is 5.02 Å². The van der Waals surface area contributed by atoms with E-state index in [2.05, 4.69) is 10.6 Å². The van der Waals surface area contributed by atoms with Crippen LogP contribution in [0.1, 0.15) is 25.3 Å². The molecular formula is C21H22ClN3O5S. The Bertz CT molecular complexity index is 1170. The van der Waals surface area contributed by atoms with E-state index in [0.29, 0.717) is 40.6 Å². The highest BCUT2D eigenvalue weighted by Crippen LogP contribution is 2.35. The van der Waals surface area contributed by atoms with Gasteiger partial charge in [0.05, 0.1) is 10.6 Å². The minimum atomic E-state index is -3.97. The summed E-state index contributed by atoms with van der Waals surface area (Å²) in [5, 5.41) is 5.97. The third kappa shape index (κ3) is 4.00. The number of fused-ring (bicyclic) bond motifs is 1. The summed E-state index contributed by atoms with van der Waals surface area (Å²) in [5.41, 5.74) is 1.55. The summed E-state index contributed by atoms with van der Waals surface area (Å²) in [7, 11) is -3.97. The van der Waals surface area contributed by atoms with Gasteiger partial charge in [-0.25, -0.2) is 8.42 Å². The van der Waals surface area contributed by atoms with Gasteiger partial charge in [0, 0.05) is 17.3 Å². The summed E-state index contributed by atoms with van der Waals surface area (Å²) in [6.45, 7) is 3.62. The van der Waals surface area contributed by atoms with Crippen LogP contribution in [0, 0.1) is 6.92 Å². The van der Waals surface area contributed by atoms with Crippen LogP contribution in [0.3, 0.4) is 0 Å². The second kappa shape index (κ2) is 8.14. The van der Waals surface area contributed by atoms with Gasteiger partial charge in [-0.15, -0.1) is 0 Å². The molecule has 1 saturated heterocycles. The highest BCUT2D eigenvalue weighted by Gasteiger charge is 2.40. The third-order valence-electron chi connectivity index (χ3n) is 5.52. The van der Waals surface area contributed by atoms with E-state index in [-0.39, 0.29) is 17.3 Å². The van der Waals surface area contributed by atoms with Crippen LogP contribution >= 0.6 is 11.6 Å². The molecular weight excluding hydrogens is 442 g/mol. The number of amides is 2. The van der Waals surface area contributed by atoms with Crippen LogP contribution in [-0.2, 0) is 19.6 Å². The molecule has 2 aliphatic heterocycles. The normalized spacial score (nSPS) is 21.2. The van der Waals surface area contributed by atoms with Crippen molar-refractivity contribution < 1.29 is 22.7 Å². The SMILES string of the molecule is Cc1c(Cl)cccc1NC(=O)[C@@H]1CCCN1S(=O)(=O)c1ccc2c(c1)NC(=O)[C@H](C)O2. The van der Waals surface area contributed by atoms with Gasteiger partial charge in [-0.3, -0.25) is 9.59 Å². The lowest BCUT2D eigenvalue weighted by Gasteiger charge is -2.26. The highest BCUT2D eigenvalue weighted by molar-refractivity contribution is 7.89. The van der Waals surface area contributed by atoms with Gasteiger partial charge in [-0.05, 0) is 62.6 Å². The summed E-state index contributed by atoms with van der Waals surface area (Å²) in [4.78, 5) is 24.8. The summed E-state index contributed by atoms with van der Waals surface area (Å²) in [6.07, 6.45) is 0.317. The molecule has 8 nitrogen and oxygen atoms in total. The van der Waals surface area contributed by atoms with Crippen LogP contribution in [-0.4, -0.2) is 43.2 Å². The smallest absolute Gasteiger partial charge is 0.265 e. The van der Waals surface area contributed by atoms with Crippen molar-refractivity contribution >= 4 is 44.8 Å². The Morgan fingerprint density at radius 2 is 2.06 bits per heavy atom. The van der Waals surface area contributed by atoms with Gasteiger partial charge < -0.3 is 15.4 Å². The molecule has 0 bridgehead atoms. The molecule has 1 fully saturated rings. The first-order valence-electron chi connectivity index (χ1n) is 9.88. The van der Waals surface area contributed by atoms with Crippen LogP contribution in [0.15, 0.2) is 41.3 Å². The Morgan fingerprint density at radius 1 is 1.29 bits per heavy atom. The maximum atomic E-state index is 13.3. The van der Waals surface area contributed by atoms with Crippen LogP contribution in [0.25, 0.3) is 0 Å². The average molecular weight is 464 g/mol. The van der Waals surface area contributed by atoms with Gasteiger partial charge in [0.2, 0.25) is 15.9 Å². The number of benzene rings is 2. The standard InChI is InChI=1S/C21H22ClN3O5S/c1-12-15(22)5-3-6-16(12)23-21(27)18-7-4-10-25(18)31(28,29)14-8-9-19-17(11-14)24-20(26)13(2)30-19/h3,5-6,8-9,11,13,18H,4,7,10H2,1-2H3,(H,23,27)(H,24,26)/t13-,18-/m0/s1. The molecule has 4 rings (SSSR count). The van der Waals surface area contributed by atoms with Crippen molar-refractivity contribution in [3.63, 3.8) is 0 Å². The molecule has 31 heavy (non-hydrogen) atoms. The number of hydrogen-bond acceptors (Lipinski definition) is 5. The molecule has 10 heteroatoms. The Kier molecular flexibility index (Phi) is 5.67. The molecule has 2 aliphatic rings. The van der Waals surface area contributed by atoms with E-state index in [1.54, 1.807) is 32.0 Å². The molecule has 2 N–H and O–H groups in total. The van der Waals surface area contributed by atoms with Crippen molar-refractivity contribution in [2.75, 3.05) is 17.2 Å². The molecule has 0 saturated carbocycles. The molecule has 2 aromatic carbocycles. The minimum absolute atomic E-state index is 0.0108. The third-order valence-corrected chi connectivity index (χ3v) is 7.83. The number of nitrogens with zero attached hydrogens (tertiary/aromatic N) is 1. The van der Waals surface area contributed by atoms with E-state index in [0.717, 1.165) is 0 Å². The molecule has 2 aromatic rings.